The van der Waals surface area contributed by atoms with Crippen LogP contribution in [0.1, 0.15) is 69.1 Å². The Morgan fingerprint density at radius 3 is 2.25 bits per heavy atom. The third kappa shape index (κ3) is 6.52. The Morgan fingerprint density at radius 2 is 1.69 bits per heavy atom. The van der Waals surface area contributed by atoms with Gasteiger partial charge in [0.1, 0.15) is 11.4 Å². The Kier molecular flexibility index (Phi) is 7.55. The predicted octanol–water partition coefficient (Wildman–Crippen LogP) is 6.56. The van der Waals surface area contributed by atoms with Gasteiger partial charge >= 0.3 is 12.3 Å². The molecule has 2 saturated heterocycles. The number of alkyl halides is 3. The Labute approximate surface area is 210 Å². The van der Waals surface area contributed by atoms with Gasteiger partial charge in [-0.05, 0) is 87.8 Å². The Bertz CT molecular complexity index is 1040. The van der Waals surface area contributed by atoms with E-state index in [1.54, 1.807) is 31.7 Å². The fourth-order valence-electron chi connectivity index (χ4n) is 5.51. The van der Waals surface area contributed by atoms with Crippen molar-refractivity contribution in [3.05, 3.63) is 65.2 Å². The van der Waals surface area contributed by atoms with Crippen LogP contribution in [-0.2, 0) is 17.5 Å². The van der Waals surface area contributed by atoms with Gasteiger partial charge in [-0.1, -0.05) is 24.3 Å². The molecule has 0 radical (unpaired) electrons. The molecule has 2 heterocycles. The van der Waals surface area contributed by atoms with Crippen molar-refractivity contribution >= 4 is 6.09 Å². The van der Waals surface area contributed by atoms with E-state index in [4.69, 9.17) is 4.74 Å². The molecule has 0 aliphatic carbocycles. The van der Waals surface area contributed by atoms with Crippen LogP contribution in [0.3, 0.4) is 0 Å². The van der Waals surface area contributed by atoms with Crippen LogP contribution in [0.25, 0.3) is 0 Å². The van der Waals surface area contributed by atoms with Gasteiger partial charge in [0.25, 0.3) is 0 Å². The third-order valence-corrected chi connectivity index (χ3v) is 7.16. The average Bonchev–Trinajstić information content (AvgIpc) is 3.02. The number of ether oxygens (including phenoxy) is 1. The maximum atomic E-state index is 13.0. The lowest BCUT2D eigenvalue weighted by atomic mass is 9.85. The number of carbonyl (C=O) groups is 1. The monoisotopic (exact) mass is 504 g/mol. The van der Waals surface area contributed by atoms with Gasteiger partial charge in [0.15, 0.2) is 0 Å². The van der Waals surface area contributed by atoms with E-state index in [0.717, 1.165) is 37.8 Å². The first kappa shape index (κ1) is 26.3. The summed E-state index contributed by atoms with van der Waals surface area (Å²) in [5.74, 6) is 0.693. The molecule has 0 saturated carbocycles. The SMILES string of the molecule is CC(C)(C)OC(=O)N(CCN1[C@@H]2CC[C@H]1C[C@@H](c1cccc(O)c1)C2)Cc1ccc(C(F)(F)F)cc1. The summed E-state index contributed by atoms with van der Waals surface area (Å²) in [5, 5.41) is 9.88. The molecule has 2 fully saturated rings. The van der Waals surface area contributed by atoms with Crippen molar-refractivity contribution in [1.29, 1.82) is 0 Å². The van der Waals surface area contributed by atoms with Crippen LogP contribution in [0.5, 0.6) is 5.75 Å². The Balaban J connectivity index is 1.43. The Hall–Kier alpha value is -2.74. The number of benzene rings is 2. The zero-order chi connectivity index (χ0) is 26.1. The molecule has 36 heavy (non-hydrogen) atoms. The lowest BCUT2D eigenvalue weighted by molar-refractivity contribution is -0.137. The highest BCUT2D eigenvalue weighted by atomic mass is 19.4. The van der Waals surface area contributed by atoms with Gasteiger partial charge < -0.3 is 14.7 Å². The second-order valence-corrected chi connectivity index (χ2v) is 11.0. The topological polar surface area (TPSA) is 53.0 Å². The van der Waals surface area contributed by atoms with E-state index >= 15 is 0 Å². The lowest BCUT2D eigenvalue weighted by Gasteiger charge is -2.40. The highest BCUT2D eigenvalue weighted by Crippen LogP contribution is 2.43. The maximum absolute atomic E-state index is 13.0. The standard InChI is InChI=1S/C28H35F3N2O3/c1-27(2,3)36-26(35)32(18-19-7-9-22(10-8-19)28(29,30)31)13-14-33-23-11-12-24(33)16-21(15-23)20-5-4-6-25(34)17-20/h4-10,17,21,23-24,34H,11-16,18H2,1-3H3/t21-,23+,24-. The molecule has 2 aliphatic heterocycles. The molecule has 2 aliphatic rings. The van der Waals surface area contributed by atoms with Crippen molar-refractivity contribution in [2.45, 2.75) is 82.8 Å². The number of carbonyl (C=O) groups excluding carboxylic acids is 1. The van der Waals surface area contributed by atoms with E-state index in [1.807, 2.05) is 12.1 Å². The van der Waals surface area contributed by atoms with Crippen molar-refractivity contribution in [2.75, 3.05) is 13.1 Å². The van der Waals surface area contributed by atoms with Crippen LogP contribution in [0, 0.1) is 0 Å². The van der Waals surface area contributed by atoms with Crippen LogP contribution in [0.4, 0.5) is 18.0 Å². The minimum absolute atomic E-state index is 0.183. The number of nitrogens with zero attached hydrogens (tertiary/aromatic N) is 2. The van der Waals surface area contributed by atoms with Gasteiger partial charge in [-0.25, -0.2) is 4.79 Å². The minimum Gasteiger partial charge on any atom is -0.508 e. The highest BCUT2D eigenvalue weighted by molar-refractivity contribution is 5.68. The largest absolute Gasteiger partial charge is 0.508 e. The third-order valence-electron chi connectivity index (χ3n) is 7.16. The molecular formula is C28H35F3N2O3. The van der Waals surface area contributed by atoms with E-state index in [1.165, 1.54) is 17.7 Å². The van der Waals surface area contributed by atoms with Crippen LogP contribution < -0.4 is 0 Å². The summed E-state index contributed by atoms with van der Waals surface area (Å²) >= 11 is 0. The van der Waals surface area contributed by atoms with E-state index in [0.29, 0.717) is 42.4 Å². The number of phenolic OH excluding ortho intramolecular Hbond substituents is 1. The summed E-state index contributed by atoms with van der Waals surface area (Å²) in [6.07, 6.45) is -0.648. The summed E-state index contributed by atoms with van der Waals surface area (Å²) in [7, 11) is 0. The zero-order valence-electron chi connectivity index (χ0n) is 21.1. The molecule has 1 amide bonds. The Morgan fingerprint density at radius 1 is 1.06 bits per heavy atom. The molecule has 8 heteroatoms. The van der Waals surface area contributed by atoms with Gasteiger partial charge in [0, 0.05) is 31.7 Å². The molecule has 196 valence electrons. The van der Waals surface area contributed by atoms with Crippen molar-refractivity contribution in [2.24, 2.45) is 0 Å². The van der Waals surface area contributed by atoms with E-state index in [9.17, 15) is 23.1 Å². The summed E-state index contributed by atoms with van der Waals surface area (Å²) in [5.41, 5.74) is 0.415. The fourth-order valence-corrected chi connectivity index (χ4v) is 5.51. The second-order valence-electron chi connectivity index (χ2n) is 11.0. The number of fused-ring (bicyclic) bond motifs is 2. The molecule has 2 bridgehead atoms. The summed E-state index contributed by atoms with van der Waals surface area (Å²) in [6, 6.07) is 13.3. The van der Waals surface area contributed by atoms with Crippen LogP contribution in [0.2, 0.25) is 0 Å². The molecule has 0 aromatic heterocycles. The zero-order valence-corrected chi connectivity index (χ0v) is 21.1. The first-order valence-electron chi connectivity index (χ1n) is 12.6. The molecule has 1 N–H and O–H groups in total. The second kappa shape index (κ2) is 10.3. The molecule has 0 spiro atoms. The number of rotatable bonds is 6. The maximum Gasteiger partial charge on any atom is 0.416 e. The normalized spacial score (nSPS) is 22.4. The van der Waals surface area contributed by atoms with Gasteiger partial charge in [0.2, 0.25) is 0 Å². The minimum atomic E-state index is -4.40. The van der Waals surface area contributed by atoms with Gasteiger partial charge in [-0.3, -0.25) is 4.90 Å². The van der Waals surface area contributed by atoms with Crippen LogP contribution >= 0.6 is 0 Å². The van der Waals surface area contributed by atoms with Crippen LogP contribution in [-0.4, -0.2) is 51.8 Å². The number of aromatic hydroxyl groups is 1. The highest BCUT2D eigenvalue weighted by Gasteiger charge is 2.41. The predicted molar refractivity (Wildman–Crippen MR) is 132 cm³/mol. The summed E-state index contributed by atoms with van der Waals surface area (Å²) in [6.45, 7) is 6.69. The van der Waals surface area contributed by atoms with E-state index in [-0.39, 0.29) is 6.54 Å². The van der Waals surface area contributed by atoms with E-state index in [2.05, 4.69) is 11.0 Å². The lowest BCUT2D eigenvalue weighted by Crippen LogP contribution is -2.47. The van der Waals surface area contributed by atoms with Gasteiger partial charge in [-0.15, -0.1) is 0 Å². The molecule has 3 atom stereocenters. The van der Waals surface area contributed by atoms with Crippen molar-refractivity contribution in [3.63, 3.8) is 0 Å². The number of phenols is 1. The van der Waals surface area contributed by atoms with E-state index < -0.39 is 23.4 Å². The number of hydrogen-bond donors (Lipinski definition) is 1. The van der Waals surface area contributed by atoms with Crippen molar-refractivity contribution < 1.29 is 27.8 Å². The molecule has 5 nitrogen and oxygen atoms in total. The fraction of sp³-hybridized carbons (Fsp3) is 0.536. The summed E-state index contributed by atoms with van der Waals surface area (Å²) in [4.78, 5) is 17.1. The first-order valence-corrected chi connectivity index (χ1v) is 12.6. The number of hydrogen-bond acceptors (Lipinski definition) is 4. The number of amides is 1. The molecule has 2 aromatic rings. The quantitative estimate of drug-likeness (QED) is 0.484. The number of halogens is 3. The first-order chi connectivity index (χ1) is 16.9. The van der Waals surface area contributed by atoms with Gasteiger partial charge in [0.05, 0.1) is 5.56 Å². The molecule has 0 unspecified atom stereocenters. The smallest absolute Gasteiger partial charge is 0.416 e. The van der Waals surface area contributed by atoms with Crippen molar-refractivity contribution in [1.82, 2.24) is 9.80 Å². The van der Waals surface area contributed by atoms with Crippen LogP contribution in [0.15, 0.2) is 48.5 Å². The summed E-state index contributed by atoms with van der Waals surface area (Å²) < 4.78 is 44.5. The van der Waals surface area contributed by atoms with Crippen molar-refractivity contribution in [3.8, 4) is 5.75 Å². The number of piperidine rings is 1. The molecule has 4 rings (SSSR count). The van der Waals surface area contributed by atoms with Gasteiger partial charge in [-0.2, -0.15) is 13.2 Å². The molecular weight excluding hydrogens is 469 g/mol. The average molecular weight is 505 g/mol. The molecule has 2 aromatic carbocycles.